The summed E-state index contributed by atoms with van der Waals surface area (Å²) in [5.41, 5.74) is 5.28. The molecule has 0 aliphatic heterocycles. The van der Waals surface area contributed by atoms with Gasteiger partial charge in [-0.15, -0.1) is 3.94 Å². The Balaban J connectivity index is 2.82. The molecule has 12 heavy (non-hydrogen) atoms. The summed E-state index contributed by atoms with van der Waals surface area (Å²) in [7, 11) is 0. The molecule has 0 radical (unpaired) electrons. The average molecular weight is 215 g/mol. The number of rotatable bonds is 8. The summed E-state index contributed by atoms with van der Waals surface area (Å²) >= 11 is 10.7. The van der Waals surface area contributed by atoms with E-state index < -0.39 is 0 Å². The Kier molecular flexibility index (Phi) is 9.84. The third-order valence-corrected chi connectivity index (χ3v) is 1.60. The van der Waals surface area contributed by atoms with E-state index in [9.17, 15) is 0 Å². The Morgan fingerprint density at radius 3 is 2.08 bits per heavy atom. The molecule has 0 saturated carbocycles. The summed E-state index contributed by atoms with van der Waals surface area (Å²) in [5.74, 6) is 0. The van der Waals surface area contributed by atoms with Gasteiger partial charge < -0.3 is 16.4 Å². The summed E-state index contributed by atoms with van der Waals surface area (Å²) < 4.78 is 1.11. The molecule has 0 fully saturated rings. The van der Waals surface area contributed by atoms with Crippen LogP contribution in [0.5, 0.6) is 0 Å². The Labute approximate surface area is 83.6 Å². The first-order valence-corrected chi connectivity index (χ1v) is 4.65. The fourth-order valence-electron chi connectivity index (χ4n) is 0.692. The first kappa shape index (κ1) is 12.4. The summed E-state index contributed by atoms with van der Waals surface area (Å²) in [6.07, 6.45) is 0. The molecule has 0 rings (SSSR count). The van der Waals surface area contributed by atoms with Crippen LogP contribution in [0.1, 0.15) is 0 Å². The zero-order valence-corrected chi connectivity index (χ0v) is 8.53. The van der Waals surface area contributed by atoms with Crippen LogP contribution in [0.4, 0.5) is 0 Å². The Morgan fingerprint density at radius 2 is 1.58 bits per heavy atom. The second-order valence-electron chi connectivity index (χ2n) is 2.32. The van der Waals surface area contributed by atoms with E-state index in [1.165, 1.54) is 0 Å². The van der Waals surface area contributed by atoms with Gasteiger partial charge in [0, 0.05) is 39.3 Å². The number of nitrogens with one attached hydrogen (secondary N) is 2. The molecule has 74 valence electrons. The van der Waals surface area contributed by atoms with E-state index in [0.29, 0.717) is 13.1 Å². The fourth-order valence-corrected chi connectivity index (χ4v) is 0.861. The second kappa shape index (κ2) is 9.51. The molecule has 0 amide bonds. The largest absolute Gasteiger partial charge is 0.329 e. The van der Waals surface area contributed by atoms with Crippen molar-refractivity contribution in [3.05, 3.63) is 0 Å². The zero-order chi connectivity index (χ0) is 9.23. The molecule has 0 atom stereocenters. The minimum absolute atomic E-state index is 0.625. The molecule has 0 aromatic heterocycles. The minimum atomic E-state index is 0.625. The van der Waals surface area contributed by atoms with E-state index in [0.717, 1.165) is 30.1 Å². The molecular weight excluding hydrogens is 199 g/mol. The van der Waals surface area contributed by atoms with E-state index in [1.54, 1.807) is 0 Å². The number of hydrogen-bond acceptors (Lipinski definition) is 4. The van der Waals surface area contributed by atoms with Crippen molar-refractivity contribution in [2.75, 3.05) is 39.3 Å². The first-order chi connectivity index (χ1) is 5.77. The molecule has 6 heteroatoms. The molecule has 4 N–H and O–H groups in total. The fraction of sp³-hybridized carbons (Fsp3) is 1.00. The van der Waals surface area contributed by atoms with Gasteiger partial charge in [0.15, 0.2) is 0 Å². The van der Waals surface area contributed by atoms with Gasteiger partial charge in [-0.05, 0) is 23.6 Å². The lowest BCUT2D eigenvalue weighted by atomic mass is 10.5. The van der Waals surface area contributed by atoms with Gasteiger partial charge in [0.25, 0.3) is 0 Å². The normalized spacial score (nSPS) is 11.0. The molecule has 0 heterocycles. The molecule has 0 aromatic rings. The molecule has 0 spiro atoms. The molecule has 0 unspecified atom stereocenters. The van der Waals surface area contributed by atoms with E-state index >= 15 is 0 Å². The van der Waals surface area contributed by atoms with Crippen LogP contribution in [0.3, 0.4) is 0 Å². The van der Waals surface area contributed by atoms with Gasteiger partial charge in [0.05, 0.1) is 0 Å². The molecule has 4 nitrogen and oxygen atoms in total. The van der Waals surface area contributed by atoms with Crippen molar-refractivity contribution in [2.24, 2.45) is 5.73 Å². The van der Waals surface area contributed by atoms with E-state index in [2.05, 4.69) is 10.6 Å². The Bertz CT molecular complexity index is 91.6. The maximum absolute atomic E-state index is 5.37. The summed E-state index contributed by atoms with van der Waals surface area (Å²) in [5, 5.41) is 6.32. The maximum atomic E-state index is 5.37. The maximum Gasteiger partial charge on any atom is 0.0429 e. The molecular formula is C6H16Cl2N4. The summed E-state index contributed by atoms with van der Waals surface area (Å²) in [4.78, 5) is 0. The predicted octanol–water partition coefficient (Wildman–Crippen LogP) is -0.266. The third-order valence-electron chi connectivity index (χ3n) is 1.26. The molecule has 0 saturated heterocycles. The van der Waals surface area contributed by atoms with Gasteiger partial charge in [0.1, 0.15) is 0 Å². The van der Waals surface area contributed by atoms with Gasteiger partial charge in [-0.1, -0.05) is 0 Å². The third kappa shape index (κ3) is 10.4. The van der Waals surface area contributed by atoms with Crippen LogP contribution < -0.4 is 16.4 Å². The van der Waals surface area contributed by atoms with Gasteiger partial charge in [-0.2, -0.15) is 0 Å². The van der Waals surface area contributed by atoms with Gasteiger partial charge >= 0.3 is 0 Å². The monoisotopic (exact) mass is 214 g/mol. The lowest BCUT2D eigenvalue weighted by Crippen LogP contribution is -2.32. The highest BCUT2D eigenvalue weighted by molar-refractivity contribution is 6.33. The second-order valence-corrected chi connectivity index (χ2v) is 3.30. The molecule has 0 bridgehead atoms. The van der Waals surface area contributed by atoms with Gasteiger partial charge in [-0.3, -0.25) is 0 Å². The van der Waals surface area contributed by atoms with Crippen LogP contribution in [-0.2, 0) is 0 Å². The highest BCUT2D eigenvalue weighted by atomic mass is 35.5. The highest BCUT2D eigenvalue weighted by Gasteiger charge is 1.92. The SMILES string of the molecule is NCCNCCNCCN(Cl)Cl. The van der Waals surface area contributed by atoms with Crippen molar-refractivity contribution >= 4 is 23.6 Å². The molecule has 0 aliphatic rings. The molecule has 0 aromatic carbocycles. The number of hydrogen-bond donors (Lipinski definition) is 3. The van der Waals surface area contributed by atoms with Crippen LogP contribution in [-0.4, -0.2) is 43.2 Å². The lowest BCUT2D eigenvalue weighted by molar-refractivity contribution is 0.577. The van der Waals surface area contributed by atoms with Crippen LogP contribution in [0.25, 0.3) is 0 Å². The van der Waals surface area contributed by atoms with Gasteiger partial charge in [0.2, 0.25) is 0 Å². The van der Waals surface area contributed by atoms with Crippen molar-refractivity contribution in [3.8, 4) is 0 Å². The Morgan fingerprint density at radius 1 is 1.00 bits per heavy atom. The highest BCUT2D eigenvalue weighted by Crippen LogP contribution is 1.94. The first-order valence-electron chi connectivity index (χ1n) is 3.98. The number of halogens is 2. The van der Waals surface area contributed by atoms with Crippen molar-refractivity contribution < 1.29 is 0 Å². The number of nitrogens with zero attached hydrogens (tertiary/aromatic N) is 1. The zero-order valence-electron chi connectivity index (χ0n) is 7.02. The van der Waals surface area contributed by atoms with Crippen molar-refractivity contribution in [3.63, 3.8) is 0 Å². The van der Waals surface area contributed by atoms with E-state index in [-0.39, 0.29) is 0 Å². The van der Waals surface area contributed by atoms with E-state index in [4.69, 9.17) is 29.3 Å². The summed E-state index contributed by atoms with van der Waals surface area (Å²) in [6, 6.07) is 0. The quantitative estimate of drug-likeness (QED) is 0.385. The summed E-state index contributed by atoms with van der Waals surface area (Å²) in [6.45, 7) is 4.77. The van der Waals surface area contributed by atoms with Crippen molar-refractivity contribution in [2.45, 2.75) is 0 Å². The van der Waals surface area contributed by atoms with Crippen LogP contribution in [0.15, 0.2) is 0 Å². The number of nitrogens with two attached hydrogens (primary N) is 1. The van der Waals surface area contributed by atoms with E-state index in [1.807, 2.05) is 0 Å². The van der Waals surface area contributed by atoms with Crippen LogP contribution in [0, 0.1) is 0 Å². The minimum Gasteiger partial charge on any atom is -0.329 e. The van der Waals surface area contributed by atoms with Gasteiger partial charge in [-0.25, -0.2) is 0 Å². The topological polar surface area (TPSA) is 53.3 Å². The van der Waals surface area contributed by atoms with Crippen molar-refractivity contribution in [1.29, 1.82) is 0 Å². The predicted molar refractivity (Wildman–Crippen MR) is 53.2 cm³/mol. The van der Waals surface area contributed by atoms with Crippen LogP contribution in [0.2, 0.25) is 0 Å². The van der Waals surface area contributed by atoms with Crippen molar-refractivity contribution in [1.82, 2.24) is 14.6 Å². The average Bonchev–Trinajstić information content (AvgIpc) is 2.02. The smallest absolute Gasteiger partial charge is 0.0429 e. The lowest BCUT2D eigenvalue weighted by Gasteiger charge is -2.06. The molecule has 0 aliphatic carbocycles. The Hall–Kier alpha value is 0.420. The van der Waals surface area contributed by atoms with Crippen LogP contribution >= 0.6 is 23.6 Å². The standard InChI is InChI=1S/C6H16Cl2N4/c7-12(8)6-5-11-4-3-10-2-1-9/h10-11H,1-6,9H2.